The van der Waals surface area contributed by atoms with Crippen LogP contribution in [0.5, 0.6) is 0 Å². The third-order valence-corrected chi connectivity index (χ3v) is 1.86. The smallest absolute Gasteiger partial charge is 0.0615 e. The number of aliphatic hydroxyl groups is 2. The first-order chi connectivity index (χ1) is 4.59. The SMILES string of the molecule is CC(=CCO)C(C)C(C)O. The second-order valence-corrected chi connectivity index (χ2v) is 2.66. The van der Waals surface area contributed by atoms with E-state index in [2.05, 4.69) is 0 Å². The summed E-state index contributed by atoms with van der Waals surface area (Å²) in [6.45, 7) is 5.65. The van der Waals surface area contributed by atoms with Crippen LogP contribution < -0.4 is 0 Å². The van der Waals surface area contributed by atoms with Crippen LogP contribution in [0.4, 0.5) is 0 Å². The average molecular weight is 144 g/mol. The first-order valence-electron chi connectivity index (χ1n) is 3.55. The molecule has 0 aromatic heterocycles. The lowest BCUT2D eigenvalue weighted by atomic mass is 9.97. The molecule has 0 aliphatic carbocycles. The van der Waals surface area contributed by atoms with E-state index in [-0.39, 0.29) is 18.6 Å². The molecule has 2 N–H and O–H groups in total. The third kappa shape index (κ3) is 2.99. The van der Waals surface area contributed by atoms with Gasteiger partial charge in [-0.05, 0) is 13.8 Å². The molecule has 0 heterocycles. The molecule has 0 radical (unpaired) electrons. The van der Waals surface area contributed by atoms with Crippen LogP contribution in [0.2, 0.25) is 0 Å². The van der Waals surface area contributed by atoms with Gasteiger partial charge in [-0.3, -0.25) is 0 Å². The molecule has 0 saturated heterocycles. The molecule has 2 nitrogen and oxygen atoms in total. The van der Waals surface area contributed by atoms with E-state index in [1.165, 1.54) is 0 Å². The zero-order chi connectivity index (χ0) is 8.15. The Kier molecular flexibility index (Phi) is 4.32. The average Bonchev–Trinajstić information content (AvgIpc) is 1.87. The lowest BCUT2D eigenvalue weighted by molar-refractivity contribution is 0.151. The molecule has 0 aliphatic heterocycles. The summed E-state index contributed by atoms with van der Waals surface area (Å²) in [4.78, 5) is 0. The molecule has 60 valence electrons. The Bertz CT molecular complexity index is 116. The summed E-state index contributed by atoms with van der Waals surface area (Å²) in [6, 6.07) is 0. The molecular weight excluding hydrogens is 128 g/mol. The zero-order valence-corrected chi connectivity index (χ0v) is 6.83. The summed E-state index contributed by atoms with van der Waals surface area (Å²) in [7, 11) is 0. The molecule has 0 rings (SSSR count). The molecule has 0 spiro atoms. The minimum atomic E-state index is -0.331. The molecule has 0 aliphatic rings. The second kappa shape index (κ2) is 4.47. The Labute approximate surface area is 62.2 Å². The van der Waals surface area contributed by atoms with Gasteiger partial charge in [0.2, 0.25) is 0 Å². The standard InChI is InChI=1S/C8H16O2/c1-6(4-5-9)7(2)8(3)10/h4,7-10H,5H2,1-3H3. The molecule has 10 heavy (non-hydrogen) atoms. The van der Waals surface area contributed by atoms with Gasteiger partial charge in [0.15, 0.2) is 0 Å². The van der Waals surface area contributed by atoms with Gasteiger partial charge in [-0.25, -0.2) is 0 Å². The van der Waals surface area contributed by atoms with Crippen molar-refractivity contribution in [2.45, 2.75) is 26.9 Å². The van der Waals surface area contributed by atoms with Crippen molar-refractivity contribution < 1.29 is 10.2 Å². The Morgan fingerprint density at radius 3 is 2.30 bits per heavy atom. The van der Waals surface area contributed by atoms with Crippen molar-refractivity contribution in [3.8, 4) is 0 Å². The predicted octanol–water partition coefficient (Wildman–Crippen LogP) is 0.942. The fourth-order valence-corrected chi connectivity index (χ4v) is 0.710. The van der Waals surface area contributed by atoms with E-state index in [9.17, 15) is 0 Å². The number of hydrogen-bond donors (Lipinski definition) is 2. The Morgan fingerprint density at radius 2 is 2.00 bits per heavy atom. The van der Waals surface area contributed by atoms with E-state index in [0.717, 1.165) is 5.57 Å². The fraction of sp³-hybridized carbons (Fsp3) is 0.750. The molecule has 0 aromatic rings. The molecule has 0 aromatic carbocycles. The van der Waals surface area contributed by atoms with Crippen LogP contribution in [-0.2, 0) is 0 Å². The molecule has 0 amide bonds. The monoisotopic (exact) mass is 144 g/mol. The molecule has 2 unspecified atom stereocenters. The van der Waals surface area contributed by atoms with Crippen LogP contribution in [0, 0.1) is 5.92 Å². The second-order valence-electron chi connectivity index (χ2n) is 2.66. The van der Waals surface area contributed by atoms with Crippen molar-refractivity contribution in [2.75, 3.05) is 6.61 Å². The maximum atomic E-state index is 9.10. The number of rotatable bonds is 3. The molecular formula is C8H16O2. The van der Waals surface area contributed by atoms with Gasteiger partial charge in [-0.2, -0.15) is 0 Å². The van der Waals surface area contributed by atoms with E-state index >= 15 is 0 Å². The van der Waals surface area contributed by atoms with Crippen LogP contribution in [0.1, 0.15) is 20.8 Å². The van der Waals surface area contributed by atoms with Gasteiger partial charge in [0, 0.05) is 5.92 Å². The van der Waals surface area contributed by atoms with Crippen LogP contribution >= 0.6 is 0 Å². The zero-order valence-electron chi connectivity index (χ0n) is 6.83. The molecule has 2 heteroatoms. The number of hydrogen-bond acceptors (Lipinski definition) is 2. The van der Waals surface area contributed by atoms with E-state index in [4.69, 9.17) is 10.2 Å². The molecule has 0 saturated carbocycles. The quantitative estimate of drug-likeness (QED) is 0.579. The lowest BCUT2D eigenvalue weighted by Gasteiger charge is -2.14. The number of aliphatic hydroxyl groups excluding tert-OH is 2. The maximum Gasteiger partial charge on any atom is 0.0615 e. The topological polar surface area (TPSA) is 40.5 Å². The maximum absolute atomic E-state index is 9.10. The third-order valence-electron chi connectivity index (χ3n) is 1.86. The highest BCUT2D eigenvalue weighted by Crippen LogP contribution is 2.12. The van der Waals surface area contributed by atoms with Crippen LogP contribution in [0.15, 0.2) is 11.6 Å². The van der Waals surface area contributed by atoms with Gasteiger partial charge in [0.1, 0.15) is 0 Å². The lowest BCUT2D eigenvalue weighted by Crippen LogP contribution is -2.14. The van der Waals surface area contributed by atoms with E-state index in [1.54, 1.807) is 13.0 Å². The molecule has 0 bridgehead atoms. The highest BCUT2D eigenvalue weighted by atomic mass is 16.3. The Balaban J connectivity index is 3.93. The largest absolute Gasteiger partial charge is 0.393 e. The highest BCUT2D eigenvalue weighted by Gasteiger charge is 2.09. The Hall–Kier alpha value is -0.340. The van der Waals surface area contributed by atoms with Gasteiger partial charge in [0.25, 0.3) is 0 Å². The van der Waals surface area contributed by atoms with Gasteiger partial charge in [-0.1, -0.05) is 18.6 Å². The summed E-state index contributed by atoms with van der Waals surface area (Å²) >= 11 is 0. The van der Waals surface area contributed by atoms with E-state index in [0.29, 0.717) is 0 Å². The summed E-state index contributed by atoms with van der Waals surface area (Å²) in [5.41, 5.74) is 1.04. The fourth-order valence-electron chi connectivity index (χ4n) is 0.710. The van der Waals surface area contributed by atoms with Gasteiger partial charge >= 0.3 is 0 Å². The van der Waals surface area contributed by atoms with E-state index in [1.807, 2.05) is 13.8 Å². The van der Waals surface area contributed by atoms with Crippen molar-refractivity contribution in [1.29, 1.82) is 0 Å². The summed E-state index contributed by atoms with van der Waals surface area (Å²) in [5, 5.41) is 17.6. The highest BCUT2D eigenvalue weighted by molar-refractivity contribution is 5.03. The summed E-state index contributed by atoms with van der Waals surface area (Å²) < 4.78 is 0. The van der Waals surface area contributed by atoms with Gasteiger partial charge in [0.05, 0.1) is 12.7 Å². The van der Waals surface area contributed by atoms with Crippen LogP contribution in [0.25, 0.3) is 0 Å². The van der Waals surface area contributed by atoms with E-state index < -0.39 is 0 Å². The Morgan fingerprint density at radius 1 is 1.50 bits per heavy atom. The molecule has 2 atom stereocenters. The minimum absolute atomic E-state index is 0.0584. The van der Waals surface area contributed by atoms with Crippen molar-refractivity contribution in [1.82, 2.24) is 0 Å². The van der Waals surface area contributed by atoms with Crippen molar-refractivity contribution in [3.63, 3.8) is 0 Å². The van der Waals surface area contributed by atoms with Gasteiger partial charge in [-0.15, -0.1) is 0 Å². The summed E-state index contributed by atoms with van der Waals surface area (Å²) in [6.07, 6.45) is 1.39. The van der Waals surface area contributed by atoms with Gasteiger partial charge < -0.3 is 10.2 Å². The summed E-state index contributed by atoms with van der Waals surface area (Å²) in [5.74, 6) is 0.146. The minimum Gasteiger partial charge on any atom is -0.393 e. The first kappa shape index (κ1) is 9.66. The van der Waals surface area contributed by atoms with Crippen molar-refractivity contribution in [2.24, 2.45) is 5.92 Å². The normalized spacial score (nSPS) is 18.7. The first-order valence-corrected chi connectivity index (χ1v) is 3.55. The van der Waals surface area contributed by atoms with Crippen molar-refractivity contribution >= 4 is 0 Å². The predicted molar refractivity (Wildman–Crippen MR) is 41.7 cm³/mol. The van der Waals surface area contributed by atoms with Crippen molar-refractivity contribution in [3.05, 3.63) is 11.6 Å². The van der Waals surface area contributed by atoms with Crippen LogP contribution in [0.3, 0.4) is 0 Å². The van der Waals surface area contributed by atoms with Crippen LogP contribution in [-0.4, -0.2) is 22.9 Å². The molecule has 0 fully saturated rings.